The molecule has 2 N–H and O–H groups in total. The zero-order chi connectivity index (χ0) is 23.6. The van der Waals surface area contributed by atoms with Crippen molar-refractivity contribution in [1.29, 1.82) is 0 Å². The van der Waals surface area contributed by atoms with Crippen LogP contribution in [0.5, 0.6) is 5.75 Å². The lowest BCUT2D eigenvalue weighted by Crippen LogP contribution is -2.08. The van der Waals surface area contributed by atoms with Crippen molar-refractivity contribution in [3.05, 3.63) is 86.0 Å². The Hall–Kier alpha value is -3.68. The molecule has 9 heteroatoms. The Morgan fingerprint density at radius 1 is 0.939 bits per heavy atom. The van der Waals surface area contributed by atoms with Gasteiger partial charge in [0.2, 0.25) is 11.2 Å². The van der Waals surface area contributed by atoms with Crippen LogP contribution in [0.2, 0.25) is 10.0 Å². The third-order valence-electron chi connectivity index (χ3n) is 5.42. The number of carboxylic acid groups (broad SMARTS) is 1. The van der Waals surface area contributed by atoms with Crippen molar-refractivity contribution < 1.29 is 28.2 Å². The molecule has 0 radical (unpaired) electrons. The van der Waals surface area contributed by atoms with Crippen molar-refractivity contribution in [3.63, 3.8) is 0 Å². The van der Waals surface area contributed by atoms with Crippen LogP contribution in [0.1, 0.15) is 10.4 Å². The molecule has 33 heavy (non-hydrogen) atoms. The maximum atomic E-state index is 15.3. The molecule has 5 nitrogen and oxygen atoms in total. The molecule has 1 aliphatic carbocycles. The molecule has 1 heterocycles. The lowest BCUT2D eigenvalue weighted by molar-refractivity contribution is 0.0698. The van der Waals surface area contributed by atoms with Gasteiger partial charge in [-0.1, -0.05) is 47.5 Å². The number of hydrogen-bond donors (Lipinski definition) is 2. The Labute approximate surface area is 193 Å². The van der Waals surface area contributed by atoms with Crippen LogP contribution in [0.4, 0.5) is 8.78 Å². The molecule has 0 fully saturated rings. The first-order valence-electron chi connectivity index (χ1n) is 9.41. The Balaban J connectivity index is 2.19. The minimum Gasteiger partial charge on any atom is -0.504 e. The Kier molecular flexibility index (Phi) is 4.77. The first-order valence-corrected chi connectivity index (χ1v) is 10.2. The van der Waals surface area contributed by atoms with Crippen molar-refractivity contribution in [3.8, 4) is 28.2 Å². The standard InChI is InChI=1S/C24H10Cl2F2O5/c25-12-5-6-13(26)20(24(31)32)19(12)17-11-7-14(27)15(29)8-16(11)33-23-18(17)9-3-1-2-4-10(9)22(30)21(23)28/h1-8,30H,(H,31,32). The molecule has 3 aromatic rings. The van der Waals surface area contributed by atoms with E-state index in [-0.39, 0.29) is 48.7 Å². The Morgan fingerprint density at radius 2 is 1.61 bits per heavy atom. The van der Waals surface area contributed by atoms with Gasteiger partial charge in [0.05, 0.1) is 10.6 Å². The van der Waals surface area contributed by atoms with Crippen molar-refractivity contribution in [2.24, 2.45) is 0 Å². The molecule has 0 unspecified atom stereocenters. The van der Waals surface area contributed by atoms with Gasteiger partial charge in [-0.25, -0.2) is 9.18 Å². The highest BCUT2D eigenvalue weighted by Gasteiger charge is 2.29. The first kappa shape index (κ1) is 21.2. The highest BCUT2D eigenvalue weighted by Crippen LogP contribution is 2.49. The number of aromatic hydroxyl groups is 1. The van der Waals surface area contributed by atoms with E-state index in [4.69, 9.17) is 27.6 Å². The summed E-state index contributed by atoms with van der Waals surface area (Å²) in [5.74, 6) is -4.63. The fourth-order valence-corrected chi connectivity index (χ4v) is 4.52. The summed E-state index contributed by atoms with van der Waals surface area (Å²) in [6.45, 7) is 0. The van der Waals surface area contributed by atoms with Gasteiger partial charge in [-0.15, -0.1) is 0 Å². The van der Waals surface area contributed by atoms with Gasteiger partial charge in [-0.2, -0.15) is 4.39 Å². The summed E-state index contributed by atoms with van der Waals surface area (Å²) < 4.78 is 35.3. The van der Waals surface area contributed by atoms with Crippen LogP contribution in [-0.4, -0.2) is 16.2 Å². The summed E-state index contributed by atoms with van der Waals surface area (Å²) in [4.78, 5) is 24.1. The number of aromatic carboxylic acids is 1. The third kappa shape index (κ3) is 3.04. The number of carboxylic acids is 1. The van der Waals surface area contributed by atoms with E-state index in [1.54, 1.807) is 18.2 Å². The number of hydrogen-bond acceptors (Lipinski definition) is 4. The van der Waals surface area contributed by atoms with Crippen LogP contribution >= 0.6 is 23.2 Å². The molecule has 3 aromatic carbocycles. The van der Waals surface area contributed by atoms with Crippen LogP contribution in [0.3, 0.4) is 0 Å². The molecule has 0 amide bonds. The Morgan fingerprint density at radius 3 is 2.30 bits per heavy atom. The van der Waals surface area contributed by atoms with E-state index < -0.39 is 39.9 Å². The number of benzene rings is 4. The van der Waals surface area contributed by atoms with Crippen LogP contribution < -0.4 is 5.43 Å². The van der Waals surface area contributed by atoms with Gasteiger partial charge in [0, 0.05) is 38.6 Å². The summed E-state index contributed by atoms with van der Waals surface area (Å²) in [5.41, 5.74) is -2.03. The molecule has 0 aromatic heterocycles. The fraction of sp³-hybridized carbons (Fsp3) is 0. The topological polar surface area (TPSA) is 87.7 Å². The number of phenols is 1. The van der Waals surface area contributed by atoms with Crippen molar-refractivity contribution in [2.45, 2.75) is 0 Å². The quantitative estimate of drug-likeness (QED) is 0.214. The molecule has 0 bridgehead atoms. The number of carbonyl (C=O) groups is 1. The van der Waals surface area contributed by atoms with E-state index in [2.05, 4.69) is 0 Å². The normalized spacial score (nSPS) is 11.5. The predicted molar refractivity (Wildman–Crippen MR) is 121 cm³/mol. The summed E-state index contributed by atoms with van der Waals surface area (Å²) in [6.07, 6.45) is 0. The second kappa shape index (κ2) is 7.43. The summed E-state index contributed by atoms with van der Waals surface area (Å²) in [6, 6.07) is 10.5. The number of phenolic OH excluding ortho intramolecular Hbond substituents is 1. The van der Waals surface area contributed by atoms with Crippen molar-refractivity contribution in [2.75, 3.05) is 0 Å². The summed E-state index contributed by atoms with van der Waals surface area (Å²) >= 11 is 12.6. The Bertz CT molecular complexity index is 1680. The van der Waals surface area contributed by atoms with Gasteiger partial charge in [0.1, 0.15) is 5.76 Å². The van der Waals surface area contributed by atoms with E-state index in [1.165, 1.54) is 18.2 Å². The molecular weight excluding hydrogens is 477 g/mol. The van der Waals surface area contributed by atoms with Gasteiger partial charge in [0.15, 0.2) is 17.1 Å². The van der Waals surface area contributed by atoms with E-state index >= 15 is 4.39 Å². The molecule has 0 spiro atoms. The predicted octanol–water partition coefficient (Wildman–Crippen LogP) is 6.71. The van der Waals surface area contributed by atoms with Crippen LogP contribution in [-0.2, 0) is 0 Å². The molecular formula is C24H10Cl2F2O5. The lowest BCUT2D eigenvalue weighted by atomic mass is 9.88. The smallest absolute Gasteiger partial charge is 0.337 e. The number of rotatable bonds is 2. The number of fused-ring (bicyclic) bond motifs is 4. The SMILES string of the molecule is O=C(O)c1c(Cl)ccc(Cl)c1-c1c2cc(F)c(=O)cc-2oc2c(F)c(O)c3ccccc3c12. The average molecular weight is 487 g/mol. The van der Waals surface area contributed by atoms with E-state index in [1.807, 2.05) is 0 Å². The fourth-order valence-electron chi connectivity index (χ4n) is 4.03. The van der Waals surface area contributed by atoms with E-state index in [0.29, 0.717) is 0 Å². The van der Waals surface area contributed by atoms with Crippen LogP contribution in [0, 0.1) is 11.6 Å². The molecule has 0 atom stereocenters. The molecule has 2 aliphatic rings. The lowest BCUT2D eigenvalue weighted by Gasteiger charge is -2.20. The zero-order valence-electron chi connectivity index (χ0n) is 16.2. The molecule has 5 rings (SSSR count). The highest BCUT2D eigenvalue weighted by atomic mass is 35.5. The molecule has 0 saturated heterocycles. The van der Waals surface area contributed by atoms with Crippen LogP contribution in [0.15, 0.2) is 57.7 Å². The third-order valence-corrected chi connectivity index (χ3v) is 6.05. The average Bonchev–Trinajstić information content (AvgIpc) is 2.78. The van der Waals surface area contributed by atoms with Gasteiger partial charge in [0.25, 0.3) is 0 Å². The molecule has 164 valence electrons. The largest absolute Gasteiger partial charge is 0.504 e. The monoisotopic (exact) mass is 486 g/mol. The highest BCUT2D eigenvalue weighted by molar-refractivity contribution is 6.39. The summed E-state index contributed by atoms with van der Waals surface area (Å²) in [7, 11) is 0. The van der Waals surface area contributed by atoms with Crippen molar-refractivity contribution in [1.82, 2.24) is 0 Å². The van der Waals surface area contributed by atoms with Crippen molar-refractivity contribution >= 4 is 50.9 Å². The summed E-state index contributed by atoms with van der Waals surface area (Å²) in [5, 5.41) is 20.5. The second-order valence-electron chi connectivity index (χ2n) is 7.25. The molecule has 1 aliphatic heterocycles. The number of halogens is 4. The zero-order valence-corrected chi connectivity index (χ0v) is 17.8. The van der Waals surface area contributed by atoms with Gasteiger partial charge < -0.3 is 14.6 Å². The van der Waals surface area contributed by atoms with Crippen LogP contribution in [0.25, 0.3) is 44.2 Å². The van der Waals surface area contributed by atoms with Gasteiger partial charge in [-0.3, -0.25) is 4.79 Å². The van der Waals surface area contributed by atoms with Gasteiger partial charge in [-0.05, 0) is 23.6 Å². The first-order chi connectivity index (χ1) is 15.7. The minimum absolute atomic E-state index is 0.00912. The molecule has 0 saturated carbocycles. The maximum absolute atomic E-state index is 15.3. The van der Waals surface area contributed by atoms with E-state index in [0.717, 1.165) is 12.1 Å². The minimum atomic E-state index is -1.43. The van der Waals surface area contributed by atoms with E-state index in [9.17, 15) is 24.2 Å². The maximum Gasteiger partial charge on any atom is 0.337 e. The second-order valence-corrected chi connectivity index (χ2v) is 8.07. The van der Waals surface area contributed by atoms with Gasteiger partial charge >= 0.3 is 5.97 Å².